The molecule has 1 aromatic rings. The van der Waals surface area contributed by atoms with Crippen molar-refractivity contribution >= 4 is 35.6 Å². The fourth-order valence-electron chi connectivity index (χ4n) is 3.58. The van der Waals surface area contributed by atoms with Crippen LogP contribution in [0.25, 0.3) is 0 Å². The Balaban J connectivity index is 3.00. The Morgan fingerprint density at radius 2 is 1.22 bits per heavy atom. The largest absolute Gasteiger partial charge is 0.481 e. The Kier molecular flexibility index (Phi) is 15.6. The second-order valence-corrected chi connectivity index (χ2v) is 9.13. The van der Waals surface area contributed by atoms with E-state index in [4.69, 9.17) is 21.7 Å². The van der Waals surface area contributed by atoms with E-state index in [0.717, 1.165) is 5.56 Å². The minimum atomic E-state index is -1.75. The van der Waals surface area contributed by atoms with Crippen molar-refractivity contribution in [1.82, 2.24) is 21.3 Å². The number of rotatable bonds is 19. The van der Waals surface area contributed by atoms with Gasteiger partial charge in [-0.3, -0.25) is 24.0 Å². The van der Waals surface area contributed by atoms with E-state index >= 15 is 0 Å². The number of hydrogen-bond acceptors (Lipinski definition) is 10. The Hall–Kier alpha value is -4.12. The van der Waals surface area contributed by atoms with Crippen molar-refractivity contribution in [2.24, 2.45) is 11.5 Å². The van der Waals surface area contributed by atoms with Gasteiger partial charge in [-0.2, -0.15) is 0 Å². The van der Waals surface area contributed by atoms with E-state index in [1.807, 2.05) is 10.6 Å². The molecule has 12 N–H and O–H groups in total. The molecule has 41 heavy (non-hydrogen) atoms. The molecule has 0 saturated carbocycles. The van der Waals surface area contributed by atoms with Crippen LogP contribution in [0.15, 0.2) is 30.3 Å². The number of aliphatic carboxylic acids is 2. The zero-order chi connectivity index (χ0) is 30.9. The third-order valence-corrected chi connectivity index (χ3v) is 5.84. The number of carbonyl (C=O) groups is 6. The van der Waals surface area contributed by atoms with Crippen molar-refractivity contribution in [2.75, 3.05) is 19.8 Å². The van der Waals surface area contributed by atoms with Crippen molar-refractivity contribution in [2.45, 2.75) is 62.3 Å². The number of benzene rings is 1. The molecular weight excluding hydrogens is 544 g/mol. The highest BCUT2D eigenvalue weighted by Crippen LogP contribution is 2.06. The lowest BCUT2D eigenvalue weighted by Crippen LogP contribution is -2.59. The molecule has 0 heterocycles. The van der Waals surface area contributed by atoms with Crippen LogP contribution >= 0.6 is 0 Å². The first-order valence-electron chi connectivity index (χ1n) is 12.8. The number of hydrogen-bond donors (Lipinski definition) is 10. The average Bonchev–Trinajstić information content (AvgIpc) is 2.93. The minimum absolute atomic E-state index is 0.0909. The molecule has 0 spiro atoms. The number of aliphatic hydroxyl groups is 2. The van der Waals surface area contributed by atoms with Crippen molar-refractivity contribution in [3.8, 4) is 0 Å². The van der Waals surface area contributed by atoms with Crippen molar-refractivity contribution in [1.29, 1.82) is 0 Å². The van der Waals surface area contributed by atoms with Crippen molar-refractivity contribution in [3.63, 3.8) is 0 Å². The van der Waals surface area contributed by atoms with E-state index in [9.17, 15) is 39.0 Å². The van der Waals surface area contributed by atoms with Crippen molar-refractivity contribution < 1.29 is 49.2 Å². The molecule has 4 amide bonds. The van der Waals surface area contributed by atoms with Crippen LogP contribution in [0, 0.1) is 0 Å². The standard InChI is InChI=1S/C25H38N6O10/c26-9-5-4-8-16(28-21(36)15(27)10-14-6-2-1-3-7-14)22(37)29-17(11-20(34)35)23(38)30-18(12-32)24(39)31-19(13-33)25(40)41/h1-3,6-7,15-19,32-33H,4-5,8-13,26-27H2,(H,28,36)(H,29,37)(H,30,38)(H,31,39)(H,34,35)(H,40,41)/t15-,16-,17-,18-,19-/m0/s1. The van der Waals surface area contributed by atoms with Crippen LogP contribution < -0.4 is 32.7 Å². The van der Waals surface area contributed by atoms with Gasteiger partial charge in [-0.05, 0) is 37.8 Å². The Morgan fingerprint density at radius 1 is 0.707 bits per heavy atom. The highest BCUT2D eigenvalue weighted by molar-refractivity contribution is 5.96. The quantitative estimate of drug-likeness (QED) is 0.0702. The first kappa shape index (κ1) is 34.9. The molecule has 1 aromatic carbocycles. The van der Waals surface area contributed by atoms with Gasteiger partial charge in [0.2, 0.25) is 23.6 Å². The maximum Gasteiger partial charge on any atom is 0.328 e. The minimum Gasteiger partial charge on any atom is -0.481 e. The van der Waals surface area contributed by atoms with E-state index in [1.54, 1.807) is 30.3 Å². The predicted octanol–water partition coefficient (Wildman–Crippen LogP) is -3.83. The summed E-state index contributed by atoms with van der Waals surface area (Å²) in [5.74, 6) is -6.99. The van der Waals surface area contributed by atoms with Gasteiger partial charge in [-0.15, -0.1) is 0 Å². The Bertz CT molecular complexity index is 1040. The smallest absolute Gasteiger partial charge is 0.328 e. The summed E-state index contributed by atoms with van der Waals surface area (Å²) in [7, 11) is 0. The fraction of sp³-hybridized carbons (Fsp3) is 0.520. The van der Waals surface area contributed by atoms with E-state index in [0.29, 0.717) is 19.4 Å². The number of carbonyl (C=O) groups excluding carboxylic acids is 4. The number of nitrogens with two attached hydrogens (primary N) is 2. The molecule has 16 nitrogen and oxygen atoms in total. The first-order valence-corrected chi connectivity index (χ1v) is 12.8. The lowest BCUT2D eigenvalue weighted by Gasteiger charge is -2.25. The summed E-state index contributed by atoms with van der Waals surface area (Å²) in [4.78, 5) is 73.4. The van der Waals surface area contributed by atoms with Crippen LogP contribution in [-0.4, -0.2) is 106 Å². The van der Waals surface area contributed by atoms with Crippen LogP contribution in [-0.2, 0) is 35.2 Å². The maximum atomic E-state index is 13.1. The zero-order valence-corrected chi connectivity index (χ0v) is 22.3. The lowest BCUT2D eigenvalue weighted by molar-refractivity contribution is -0.144. The molecule has 0 fully saturated rings. The summed E-state index contributed by atoms with van der Waals surface area (Å²) < 4.78 is 0. The third kappa shape index (κ3) is 12.7. The number of carboxylic acid groups (broad SMARTS) is 2. The SMILES string of the molecule is NCCCC[C@H](NC(=O)[C@@H](N)Cc1ccccc1)C(=O)N[C@@H](CC(=O)O)C(=O)N[C@@H](CO)C(=O)N[C@@H](CO)C(=O)O. The van der Waals surface area contributed by atoms with Crippen LogP contribution in [0.1, 0.15) is 31.2 Å². The number of nitrogens with one attached hydrogen (secondary N) is 4. The highest BCUT2D eigenvalue weighted by Gasteiger charge is 2.32. The van der Waals surface area contributed by atoms with E-state index < -0.39 is 85.4 Å². The zero-order valence-electron chi connectivity index (χ0n) is 22.3. The average molecular weight is 583 g/mol. The summed E-state index contributed by atoms with van der Waals surface area (Å²) >= 11 is 0. The third-order valence-electron chi connectivity index (χ3n) is 5.84. The molecule has 0 aliphatic carbocycles. The molecule has 228 valence electrons. The highest BCUT2D eigenvalue weighted by atomic mass is 16.4. The second-order valence-electron chi connectivity index (χ2n) is 9.13. The van der Waals surface area contributed by atoms with Crippen LogP contribution in [0.2, 0.25) is 0 Å². The molecule has 0 unspecified atom stereocenters. The molecule has 16 heteroatoms. The molecule has 0 aliphatic rings. The molecule has 5 atom stereocenters. The van der Waals surface area contributed by atoms with Gasteiger partial charge in [-0.1, -0.05) is 30.3 Å². The Labute approximate surface area is 235 Å². The monoisotopic (exact) mass is 582 g/mol. The molecular formula is C25H38N6O10. The fourth-order valence-corrected chi connectivity index (χ4v) is 3.58. The van der Waals surface area contributed by atoms with Crippen LogP contribution in [0.5, 0.6) is 0 Å². The number of unbranched alkanes of at least 4 members (excludes halogenated alkanes) is 1. The first-order chi connectivity index (χ1) is 19.4. The van der Waals surface area contributed by atoms with Crippen LogP contribution in [0.4, 0.5) is 0 Å². The van der Waals surface area contributed by atoms with Gasteiger partial charge in [0.1, 0.15) is 24.2 Å². The summed E-state index contributed by atoms with van der Waals surface area (Å²) in [6.07, 6.45) is 0.252. The normalized spacial score (nSPS) is 14.4. The van der Waals surface area contributed by atoms with Gasteiger partial charge >= 0.3 is 11.9 Å². The molecule has 0 radical (unpaired) electrons. The van der Waals surface area contributed by atoms with Gasteiger partial charge in [0.05, 0.1) is 25.7 Å². The van der Waals surface area contributed by atoms with E-state index in [2.05, 4.69) is 10.6 Å². The summed E-state index contributed by atoms with van der Waals surface area (Å²) in [5.41, 5.74) is 12.3. The number of amides is 4. The number of aliphatic hydroxyl groups excluding tert-OH is 2. The predicted molar refractivity (Wildman–Crippen MR) is 143 cm³/mol. The Morgan fingerprint density at radius 3 is 1.76 bits per heavy atom. The van der Waals surface area contributed by atoms with Gasteiger partial charge in [0.25, 0.3) is 0 Å². The molecule has 0 aliphatic heterocycles. The molecule has 0 bridgehead atoms. The topological polar surface area (TPSA) is 284 Å². The summed E-state index contributed by atoms with van der Waals surface area (Å²) in [6.45, 7) is -1.68. The van der Waals surface area contributed by atoms with Gasteiger partial charge in [0, 0.05) is 0 Å². The van der Waals surface area contributed by atoms with Gasteiger partial charge in [-0.25, -0.2) is 4.79 Å². The second kappa shape index (κ2) is 18.3. The van der Waals surface area contributed by atoms with Crippen LogP contribution in [0.3, 0.4) is 0 Å². The maximum absolute atomic E-state index is 13.1. The van der Waals surface area contributed by atoms with Gasteiger partial charge < -0.3 is 53.2 Å². The van der Waals surface area contributed by atoms with Gasteiger partial charge in [0.15, 0.2) is 0 Å². The lowest BCUT2D eigenvalue weighted by atomic mass is 10.0. The van der Waals surface area contributed by atoms with E-state index in [1.165, 1.54) is 0 Å². The molecule has 1 rings (SSSR count). The number of carboxylic acids is 2. The summed E-state index contributed by atoms with van der Waals surface area (Å²) in [5, 5.41) is 45.5. The molecule has 0 saturated heterocycles. The summed E-state index contributed by atoms with van der Waals surface area (Å²) in [6, 6.07) is 1.47. The van der Waals surface area contributed by atoms with E-state index in [-0.39, 0.29) is 12.8 Å². The molecule has 0 aromatic heterocycles. The van der Waals surface area contributed by atoms with Crippen molar-refractivity contribution in [3.05, 3.63) is 35.9 Å².